The zero-order valence-corrected chi connectivity index (χ0v) is 8.77. The lowest BCUT2D eigenvalue weighted by Gasteiger charge is -2.07. The molecular formula is C16H10. The van der Waals surface area contributed by atoms with Gasteiger partial charge >= 0.3 is 0 Å². The lowest BCUT2D eigenvalue weighted by Crippen LogP contribution is -2.04. The molecule has 0 bridgehead atoms. The summed E-state index contributed by atoms with van der Waals surface area (Å²) >= 11 is 0. The predicted octanol–water partition coefficient (Wildman–Crippen LogP) is 3.52. The third kappa shape index (κ3) is 0.892. The number of fused-ring (bicyclic) bond motifs is 2. The van der Waals surface area contributed by atoms with Crippen LogP contribution < -0.4 is 5.22 Å². The topological polar surface area (TPSA) is 0 Å². The van der Waals surface area contributed by atoms with Gasteiger partial charge in [-0.25, -0.2) is 0 Å². The molecule has 1 aliphatic carbocycles. The Morgan fingerprint density at radius 3 is 2.56 bits per heavy atom. The number of rotatable bonds is 0. The van der Waals surface area contributed by atoms with Crippen molar-refractivity contribution in [1.82, 2.24) is 0 Å². The standard InChI is InChI=1S/C16H10/c1-4-11-5-2-9-15-14-8-3-6-12(14)10-13(7-1)16(11)15/h1-10H. The van der Waals surface area contributed by atoms with Gasteiger partial charge < -0.3 is 0 Å². The highest BCUT2D eigenvalue weighted by atomic mass is 14.1. The van der Waals surface area contributed by atoms with Crippen molar-refractivity contribution in [2.24, 2.45) is 0 Å². The van der Waals surface area contributed by atoms with Gasteiger partial charge in [-0.05, 0) is 38.4 Å². The molecule has 0 unspecified atom stereocenters. The molecule has 0 heterocycles. The van der Waals surface area contributed by atoms with E-state index >= 15 is 0 Å². The first-order chi connectivity index (χ1) is 7.93. The van der Waals surface area contributed by atoms with E-state index in [-0.39, 0.29) is 0 Å². The van der Waals surface area contributed by atoms with Gasteiger partial charge in [0, 0.05) is 0 Å². The molecule has 0 aromatic heterocycles. The molecule has 0 radical (unpaired) electrons. The molecular weight excluding hydrogens is 192 g/mol. The van der Waals surface area contributed by atoms with Crippen LogP contribution in [0, 0.1) is 0 Å². The molecule has 1 aliphatic rings. The first-order valence-corrected chi connectivity index (χ1v) is 5.56. The van der Waals surface area contributed by atoms with Crippen LogP contribution in [0.2, 0.25) is 0 Å². The third-order valence-corrected chi connectivity index (χ3v) is 3.39. The fraction of sp³-hybridized carbons (Fsp3) is 0. The van der Waals surface area contributed by atoms with Crippen LogP contribution in [0.4, 0.5) is 0 Å². The zero-order valence-electron chi connectivity index (χ0n) is 8.77. The summed E-state index contributed by atoms with van der Waals surface area (Å²) in [6.07, 6.45) is 6.52. The van der Waals surface area contributed by atoms with Gasteiger partial charge in [-0.3, -0.25) is 0 Å². The van der Waals surface area contributed by atoms with Crippen molar-refractivity contribution in [2.75, 3.05) is 0 Å². The molecule has 4 rings (SSSR count). The Morgan fingerprint density at radius 2 is 1.62 bits per heavy atom. The molecule has 0 N–H and O–H groups in total. The van der Waals surface area contributed by atoms with Crippen molar-refractivity contribution in [3.63, 3.8) is 0 Å². The average molecular weight is 202 g/mol. The molecule has 74 valence electrons. The minimum atomic E-state index is 1.33. The summed E-state index contributed by atoms with van der Waals surface area (Å²) in [5, 5.41) is 6.80. The van der Waals surface area contributed by atoms with E-state index in [0.717, 1.165) is 0 Å². The monoisotopic (exact) mass is 202 g/mol. The second kappa shape index (κ2) is 2.73. The maximum Gasteiger partial charge on any atom is -0.00324 e. The minimum Gasteiger partial charge on any atom is -0.0610 e. The Balaban J connectivity index is 2.44. The summed E-state index contributed by atoms with van der Waals surface area (Å²) in [6.45, 7) is 0. The quantitative estimate of drug-likeness (QED) is 0.523. The molecule has 3 aromatic carbocycles. The Kier molecular flexibility index (Phi) is 1.39. The van der Waals surface area contributed by atoms with E-state index in [0.29, 0.717) is 0 Å². The molecule has 0 saturated carbocycles. The van der Waals surface area contributed by atoms with Crippen LogP contribution in [0.3, 0.4) is 0 Å². The number of allylic oxidation sites excluding steroid dienone is 1. The normalized spacial score (nSPS) is 13.2. The second-order valence-corrected chi connectivity index (χ2v) is 4.29. The summed E-state index contributed by atoms with van der Waals surface area (Å²) < 4.78 is 0. The fourth-order valence-corrected chi connectivity index (χ4v) is 2.69. The average Bonchev–Trinajstić information content (AvgIpc) is 2.78. The highest BCUT2D eigenvalue weighted by molar-refractivity contribution is 6.11. The molecule has 0 nitrogen and oxygen atoms in total. The van der Waals surface area contributed by atoms with Crippen LogP contribution in [0.25, 0.3) is 33.7 Å². The maximum atomic E-state index is 2.28. The van der Waals surface area contributed by atoms with Gasteiger partial charge in [0.25, 0.3) is 0 Å². The predicted molar refractivity (Wildman–Crippen MR) is 70.2 cm³/mol. The number of benzene rings is 3. The molecule has 0 atom stereocenters. The van der Waals surface area contributed by atoms with E-state index in [1.165, 1.54) is 32.3 Å². The Hall–Kier alpha value is -2.08. The fourth-order valence-electron chi connectivity index (χ4n) is 2.69. The molecule has 3 aromatic rings. The summed E-state index contributed by atoms with van der Waals surface area (Å²) in [5.41, 5.74) is 1.34. The maximum absolute atomic E-state index is 2.28. The van der Waals surface area contributed by atoms with E-state index in [1.54, 1.807) is 0 Å². The summed E-state index contributed by atoms with van der Waals surface area (Å²) in [7, 11) is 0. The first kappa shape index (κ1) is 8.12. The van der Waals surface area contributed by atoms with Gasteiger partial charge in [0.05, 0.1) is 0 Å². The van der Waals surface area contributed by atoms with Crippen LogP contribution in [-0.4, -0.2) is 0 Å². The highest BCUT2D eigenvalue weighted by Crippen LogP contribution is 2.26. The van der Waals surface area contributed by atoms with E-state index in [9.17, 15) is 0 Å². The van der Waals surface area contributed by atoms with E-state index < -0.39 is 0 Å². The first-order valence-electron chi connectivity index (χ1n) is 5.56. The minimum absolute atomic E-state index is 1.33. The lowest BCUT2D eigenvalue weighted by molar-refractivity contribution is 1.68. The van der Waals surface area contributed by atoms with E-state index in [4.69, 9.17) is 0 Å². The van der Waals surface area contributed by atoms with Gasteiger partial charge in [0.2, 0.25) is 0 Å². The van der Waals surface area contributed by atoms with Gasteiger partial charge in [0.15, 0.2) is 0 Å². The van der Waals surface area contributed by atoms with Gasteiger partial charge in [-0.1, -0.05) is 54.6 Å². The Bertz CT molecular complexity index is 786. The van der Waals surface area contributed by atoms with Crippen molar-refractivity contribution < 1.29 is 0 Å². The third-order valence-electron chi connectivity index (χ3n) is 3.39. The Labute approximate surface area is 93.5 Å². The SMILES string of the molecule is C1=Cc2cc3cccc4cccc(c2=C1)c43. The molecule has 0 aliphatic heterocycles. The van der Waals surface area contributed by atoms with E-state index in [1.807, 2.05) is 0 Å². The summed E-state index contributed by atoms with van der Waals surface area (Å²) in [5.74, 6) is 0. The largest absolute Gasteiger partial charge is 0.0610 e. The summed E-state index contributed by atoms with van der Waals surface area (Å²) in [4.78, 5) is 0. The van der Waals surface area contributed by atoms with Crippen molar-refractivity contribution >= 4 is 33.7 Å². The van der Waals surface area contributed by atoms with Crippen LogP contribution in [0.15, 0.2) is 48.5 Å². The van der Waals surface area contributed by atoms with Crippen molar-refractivity contribution in [3.05, 3.63) is 59.3 Å². The van der Waals surface area contributed by atoms with Crippen molar-refractivity contribution in [1.29, 1.82) is 0 Å². The molecule has 0 heteroatoms. The molecule has 0 amide bonds. The molecule has 16 heavy (non-hydrogen) atoms. The van der Waals surface area contributed by atoms with Gasteiger partial charge in [-0.2, -0.15) is 0 Å². The van der Waals surface area contributed by atoms with Crippen molar-refractivity contribution in [3.8, 4) is 0 Å². The number of hydrogen-bond acceptors (Lipinski definition) is 0. The Morgan fingerprint density at radius 1 is 0.812 bits per heavy atom. The van der Waals surface area contributed by atoms with Crippen LogP contribution >= 0.6 is 0 Å². The second-order valence-electron chi connectivity index (χ2n) is 4.29. The highest BCUT2D eigenvalue weighted by Gasteiger charge is 2.06. The van der Waals surface area contributed by atoms with E-state index in [2.05, 4.69) is 60.7 Å². The molecule has 0 saturated heterocycles. The van der Waals surface area contributed by atoms with Crippen LogP contribution in [-0.2, 0) is 0 Å². The molecule has 0 spiro atoms. The van der Waals surface area contributed by atoms with Crippen LogP contribution in [0.1, 0.15) is 5.56 Å². The lowest BCUT2D eigenvalue weighted by atomic mass is 9.97. The van der Waals surface area contributed by atoms with Crippen LogP contribution in [0.5, 0.6) is 0 Å². The zero-order chi connectivity index (χ0) is 10.5. The van der Waals surface area contributed by atoms with Crippen molar-refractivity contribution in [2.45, 2.75) is 0 Å². The van der Waals surface area contributed by atoms with Gasteiger partial charge in [0.1, 0.15) is 0 Å². The number of hydrogen-bond donors (Lipinski definition) is 0. The summed E-state index contributed by atoms with van der Waals surface area (Å²) in [6, 6.07) is 15.3. The smallest absolute Gasteiger partial charge is 0.00324 e. The molecule has 0 fully saturated rings. The van der Waals surface area contributed by atoms with Gasteiger partial charge in [-0.15, -0.1) is 0 Å².